The van der Waals surface area contributed by atoms with E-state index in [1.165, 1.54) is 84.2 Å². The molecular formula is C18H37N3. The quantitative estimate of drug-likeness (QED) is 0.694. The van der Waals surface area contributed by atoms with Crippen molar-refractivity contribution in [1.29, 1.82) is 0 Å². The third-order valence-corrected chi connectivity index (χ3v) is 4.96. The SMILES string of the molecule is CC(C)(C)NCCCCCCN1CCC(N2CCCC2)C1. The zero-order valence-corrected chi connectivity index (χ0v) is 14.7. The van der Waals surface area contributed by atoms with Gasteiger partial charge < -0.3 is 10.2 Å². The Labute approximate surface area is 132 Å². The second-order valence-electron chi connectivity index (χ2n) is 8.08. The van der Waals surface area contributed by atoms with E-state index in [1.807, 2.05) is 0 Å². The van der Waals surface area contributed by atoms with Crippen LogP contribution in [0.1, 0.15) is 65.7 Å². The molecule has 0 bridgehead atoms. The van der Waals surface area contributed by atoms with Crippen molar-refractivity contribution in [2.75, 3.05) is 39.3 Å². The zero-order valence-electron chi connectivity index (χ0n) is 14.7. The van der Waals surface area contributed by atoms with E-state index in [0.717, 1.165) is 6.04 Å². The summed E-state index contributed by atoms with van der Waals surface area (Å²) in [6.45, 7) is 14.6. The van der Waals surface area contributed by atoms with Crippen LogP contribution in [0, 0.1) is 0 Å². The van der Waals surface area contributed by atoms with Gasteiger partial charge in [0.1, 0.15) is 0 Å². The third-order valence-electron chi connectivity index (χ3n) is 4.96. The predicted octanol–water partition coefficient (Wildman–Crippen LogP) is 3.11. The minimum Gasteiger partial charge on any atom is -0.312 e. The molecule has 0 aromatic rings. The third kappa shape index (κ3) is 6.66. The zero-order chi connectivity index (χ0) is 15.1. The molecule has 124 valence electrons. The van der Waals surface area contributed by atoms with Crippen molar-refractivity contribution >= 4 is 0 Å². The first kappa shape index (κ1) is 17.2. The molecule has 0 radical (unpaired) electrons. The molecule has 1 N–H and O–H groups in total. The van der Waals surface area contributed by atoms with Crippen LogP contribution < -0.4 is 5.32 Å². The van der Waals surface area contributed by atoms with E-state index >= 15 is 0 Å². The van der Waals surface area contributed by atoms with Gasteiger partial charge in [0.05, 0.1) is 0 Å². The number of nitrogens with zero attached hydrogens (tertiary/aromatic N) is 2. The average molecular weight is 296 g/mol. The lowest BCUT2D eigenvalue weighted by Crippen LogP contribution is -2.36. The van der Waals surface area contributed by atoms with Gasteiger partial charge in [0, 0.05) is 18.1 Å². The molecule has 1 unspecified atom stereocenters. The van der Waals surface area contributed by atoms with Crippen molar-refractivity contribution in [3.8, 4) is 0 Å². The van der Waals surface area contributed by atoms with E-state index in [9.17, 15) is 0 Å². The highest BCUT2D eigenvalue weighted by Gasteiger charge is 2.28. The Hall–Kier alpha value is -0.120. The highest BCUT2D eigenvalue weighted by atomic mass is 15.3. The normalized spacial score (nSPS) is 25.0. The lowest BCUT2D eigenvalue weighted by atomic mass is 10.1. The van der Waals surface area contributed by atoms with Crippen LogP contribution >= 0.6 is 0 Å². The van der Waals surface area contributed by atoms with Gasteiger partial charge >= 0.3 is 0 Å². The Morgan fingerprint density at radius 3 is 2.38 bits per heavy atom. The summed E-state index contributed by atoms with van der Waals surface area (Å²) < 4.78 is 0. The van der Waals surface area contributed by atoms with E-state index in [4.69, 9.17) is 0 Å². The van der Waals surface area contributed by atoms with Crippen LogP contribution in [0.15, 0.2) is 0 Å². The molecule has 2 saturated heterocycles. The molecule has 0 aromatic carbocycles. The van der Waals surface area contributed by atoms with E-state index in [-0.39, 0.29) is 5.54 Å². The van der Waals surface area contributed by atoms with Gasteiger partial charge in [0.25, 0.3) is 0 Å². The highest BCUT2D eigenvalue weighted by molar-refractivity contribution is 4.85. The molecule has 0 aromatic heterocycles. The summed E-state index contributed by atoms with van der Waals surface area (Å²) in [5.74, 6) is 0. The first-order valence-corrected chi connectivity index (χ1v) is 9.26. The van der Waals surface area contributed by atoms with E-state index in [2.05, 4.69) is 35.9 Å². The number of rotatable bonds is 8. The van der Waals surface area contributed by atoms with Gasteiger partial charge in [-0.2, -0.15) is 0 Å². The van der Waals surface area contributed by atoms with Gasteiger partial charge in [-0.25, -0.2) is 0 Å². The van der Waals surface area contributed by atoms with Gasteiger partial charge in [-0.05, 0) is 85.6 Å². The fourth-order valence-corrected chi connectivity index (χ4v) is 3.70. The van der Waals surface area contributed by atoms with E-state index < -0.39 is 0 Å². The highest BCUT2D eigenvalue weighted by Crippen LogP contribution is 2.20. The minimum absolute atomic E-state index is 0.278. The number of hydrogen-bond acceptors (Lipinski definition) is 3. The fraction of sp³-hybridized carbons (Fsp3) is 1.00. The van der Waals surface area contributed by atoms with Gasteiger partial charge in [0.15, 0.2) is 0 Å². The van der Waals surface area contributed by atoms with Crippen LogP contribution in [0.25, 0.3) is 0 Å². The molecule has 1 atom stereocenters. The van der Waals surface area contributed by atoms with Gasteiger partial charge in [-0.3, -0.25) is 4.90 Å². The lowest BCUT2D eigenvalue weighted by molar-refractivity contribution is 0.231. The molecule has 2 aliphatic rings. The van der Waals surface area contributed by atoms with Crippen LogP contribution in [0.4, 0.5) is 0 Å². The number of hydrogen-bond donors (Lipinski definition) is 1. The summed E-state index contributed by atoms with van der Waals surface area (Å²) in [6.07, 6.45) is 9.77. The number of nitrogens with one attached hydrogen (secondary N) is 1. The molecule has 0 amide bonds. The van der Waals surface area contributed by atoms with Crippen LogP contribution in [-0.4, -0.2) is 60.6 Å². The summed E-state index contributed by atoms with van der Waals surface area (Å²) in [6, 6.07) is 0.878. The van der Waals surface area contributed by atoms with E-state index in [0.29, 0.717) is 0 Å². The van der Waals surface area contributed by atoms with Crippen molar-refractivity contribution in [2.45, 2.75) is 77.3 Å². The molecule has 3 nitrogen and oxygen atoms in total. The first-order chi connectivity index (χ1) is 10.0. The average Bonchev–Trinajstić information content (AvgIpc) is 3.07. The minimum atomic E-state index is 0.278. The largest absolute Gasteiger partial charge is 0.312 e. The molecular weight excluding hydrogens is 258 g/mol. The molecule has 21 heavy (non-hydrogen) atoms. The van der Waals surface area contributed by atoms with Crippen LogP contribution in [0.3, 0.4) is 0 Å². The molecule has 0 spiro atoms. The van der Waals surface area contributed by atoms with Crippen LogP contribution in [0.5, 0.6) is 0 Å². The Bertz CT molecular complexity index is 279. The summed E-state index contributed by atoms with van der Waals surface area (Å²) in [5.41, 5.74) is 0.278. The number of unbranched alkanes of at least 4 members (excludes halogenated alkanes) is 3. The molecule has 2 aliphatic heterocycles. The lowest BCUT2D eigenvalue weighted by Gasteiger charge is -2.23. The molecule has 0 aliphatic carbocycles. The predicted molar refractivity (Wildman–Crippen MR) is 91.9 cm³/mol. The summed E-state index contributed by atoms with van der Waals surface area (Å²) in [7, 11) is 0. The smallest absolute Gasteiger partial charge is 0.0235 e. The van der Waals surface area contributed by atoms with Crippen molar-refractivity contribution in [3.63, 3.8) is 0 Å². The summed E-state index contributed by atoms with van der Waals surface area (Å²) in [5, 5.41) is 3.57. The molecule has 3 heteroatoms. The van der Waals surface area contributed by atoms with Gasteiger partial charge in [-0.1, -0.05) is 12.8 Å². The Morgan fingerprint density at radius 2 is 1.67 bits per heavy atom. The van der Waals surface area contributed by atoms with Crippen molar-refractivity contribution in [2.24, 2.45) is 0 Å². The summed E-state index contributed by atoms with van der Waals surface area (Å²) >= 11 is 0. The Morgan fingerprint density at radius 1 is 0.952 bits per heavy atom. The molecule has 2 heterocycles. The summed E-state index contributed by atoms with van der Waals surface area (Å²) in [4.78, 5) is 5.44. The van der Waals surface area contributed by atoms with Crippen LogP contribution in [0.2, 0.25) is 0 Å². The first-order valence-electron chi connectivity index (χ1n) is 9.26. The van der Waals surface area contributed by atoms with E-state index in [1.54, 1.807) is 0 Å². The maximum Gasteiger partial charge on any atom is 0.0235 e. The van der Waals surface area contributed by atoms with Crippen molar-refractivity contribution in [3.05, 3.63) is 0 Å². The topological polar surface area (TPSA) is 18.5 Å². The monoisotopic (exact) mass is 295 g/mol. The molecule has 2 rings (SSSR count). The van der Waals surface area contributed by atoms with Gasteiger partial charge in [0.2, 0.25) is 0 Å². The maximum absolute atomic E-state index is 3.57. The fourth-order valence-electron chi connectivity index (χ4n) is 3.70. The van der Waals surface area contributed by atoms with Crippen molar-refractivity contribution < 1.29 is 0 Å². The maximum atomic E-state index is 3.57. The second kappa shape index (κ2) is 8.50. The van der Waals surface area contributed by atoms with Crippen molar-refractivity contribution in [1.82, 2.24) is 15.1 Å². The van der Waals surface area contributed by atoms with Crippen LogP contribution in [-0.2, 0) is 0 Å². The van der Waals surface area contributed by atoms with Gasteiger partial charge in [-0.15, -0.1) is 0 Å². The Kier molecular flexibility index (Phi) is 6.97. The molecule has 2 fully saturated rings. The molecule has 0 saturated carbocycles. The standard InChI is InChI=1S/C18H37N3/c1-18(2,3)19-11-6-4-5-7-12-20-15-10-17(16-20)21-13-8-9-14-21/h17,19H,4-16H2,1-3H3. The Balaban J connectivity index is 1.45. The second-order valence-corrected chi connectivity index (χ2v) is 8.08. The number of likely N-dealkylation sites (tertiary alicyclic amines) is 2.